The van der Waals surface area contributed by atoms with Gasteiger partial charge < -0.3 is 35.0 Å². The van der Waals surface area contributed by atoms with E-state index in [0.29, 0.717) is 0 Å². The van der Waals surface area contributed by atoms with Crippen LogP contribution in [0.3, 0.4) is 0 Å². The summed E-state index contributed by atoms with van der Waals surface area (Å²) < 4.78 is 11.6. The van der Waals surface area contributed by atoms with E-state index in [2.05, 4.69) is 0 Å². The van der Waals surface area contributed by atoms with Crippen LogP contribution in [0.15, 0.2) is 42.5 Å². The Bertz CT molecular complexity index is 897. The zero-order chi connectivity index (χ0) is 20.7. The van der Waals surface area contributed by atoms with Crippen LogP contribution in [0.2, 0.25) is 0 Å². The third kappa shape index (κ3) is 3.39. The van der Waals surface area contributed by atoms with Gasteiger partial charge in [0.25, 0.3) is 0 Å². The lowest BCUT2D eigenvalue weighted by atomic mass is 9.87. The van der Waals surface area contributed by atoms with Crippen LogP contribution in [-0.2, 0) is 4.74 Å². The number of hydrogen-bond acceptors (Lipinski definition) is 8. The number of phenolic OH excluding ortho intramolecular Hbond substituents is 1. The van der Waals surface area contributed by atoms with Crippen LogP contribution in [0.1, 0.15) is 40.1 Å². The number of rotatable bonds is 3. The fourth-order valence-electron chi connectivity index (χ4n) is 3.87. The number of aliphatic hydroxyl groups excluding tert-OH is 4. The molecule has 6 atom stereocenters. The Hall–Kier alpha value is -2.49. The first-order valence-electron chi connectivity index (χ1n) is 9.33. The molecule has 1 saturated heterocycles. The van der Waals surface area contributed by atoms with Crippen molar-refractivity contribution in [1.29, 1.82) is 0 Å². The Kier molecular flexibility index (Phi) is 5.28. The molecule has 0 saturated carbocycles. The smallest absolute Gasteiger partial charge is 0.170 e. The molecule has 2 aromatic rings. The van der Waals surface area contributed by atoms with E-state index in [1.807, 2.05) is 30.3 Å². The van der Waals surface area contributed by atoms with Gasteiger partial charge in [0.05, 0.1) is 24.2 Å². The molecule has 5 N–H and O–H groups in total. The van der Waals surface area contributed by atoms with Crippen molar-refractivity contribution in [3.05, 3.63) is 59.2 Å². The van der Waals surface area contributed by atoms with Gasteiger partial charge in [0.15, 0.2) is 5.78 Å². The Morgan fingerprint density at radius 2 is 1.69 bits per heavy atom. The van der Waals surface area contributed by atoms with Crippen molar-refractivity contribution in [3.63, 3.8) is 0 Å². The van der Waals surface area contributed by atoms with E-state index in [-0.39, 0.29) is 34.8 Å². The second-order valence-electron chi connectivity index (χ2n) is 7.27. The molecule has 0 amide bonds. The van der Waals surface area contributed by atoms with Gasteiger partial charge in [-0.1, -0.05) is 30.3 Å². The SMILES string of the molecule is O=C1CC(c2ccccc2)Oc2c1ccc(O)c2C1OC(CO)C(O)C(O)C1O. The molecule has 0 spiro atoms. The number of hydrogen-bond donors (Lipinski definition) is 5. The van der Waals surface area contributed by atoms with E-state index in [1.165, 1.54) is 12.1 Å². The standard InChI is InChI=1S/C21H22O8/c22-9-15-17(25)18(26)19(27)21(29-15)16-12(23)7-6-11-13(24)8-14(28-20(11)16)10-4-2-1-3-5-10/h1-7,14-15,17-19,21-23,25-27H,8-9H2. The van der Waals surface area contributed by atoms with Gasteiger partial charge in [0.2, 0.25) is 0 Å². The lowest BCUT2D eigenvalue weighted by Gasteiger charge is -2.41. The molecule has 29 heavy (non-hydrogen) atoms. The molecular weight excluding hydrogens is 380 g/mol. The number of carbonyl (C=O) groups is 1. The Balaban J connectivity index is 1.78. The van der Waals surface area contributed by atoms with Gasteiger partial charge >= 0.3 is 0 Å². The van der Waals surface area contributed by atoms with E-state index >= 15 is 0 Å². The van der Waals surface area contributed by atoms with Crippen LogP contribution in [0.5, 0.6) is 11.5 Å². The molecule has 0 bridgehead atoms. The first-order valence-corrected chi connectivity index (χ1v) is 9.33. The highest BCUT2D eigenvalue weighted by Crippen LogP contribution is 2.47. The van der Waals surface area contributed by atoms with Crippen molar-refractivity contribution in [1.82, 2.24) is 0 Å². The topological polar surface area (TPSA) is 137 Å². The summed E-state index contributed by atoms with van der Waals surface area (Å²) in [6.45, 7) is -0.607. The minimum absolute atomic E-state index is 0.00613. The molecule has 0 aromatic heterocycles. The van der Waals surface area contributed by atoms with Crippen molar-refractivity contribution >= 4 is 5.78 Å². The Morgan fingerprint density at radius 1 is 0.966 bits per heavy atom. The van der Waals surface area contributed by atoms with Crippen molar-refractivity contribution in [2.45, 2.75) is 43.0 Å². The second-order valence-corrected chi connectivity index (χ2v) is 7.27. The summed E-state index contributed by atoms with van der Waals surface area (Å²) in [5.41, 5.74) is 0.991. The van der Waals surface area contributed by atoms with Gasteiger partial charge in [-0.15, -0.1) is 0 Å². The summed E-state index contributed by atoms with van der Waals surface area (Å²) >= 11 is 0. The van der Waals surface area contributed by atoms with Gasteiger partial charge in [0, 0.05) is 0 Å². The lowest BCUT2D eigenvalue weighted by molar-refractivity contribution is -0.232. The second kappa shape index (κ2) is 7.74. The predicted octanol–water partition coefficient (Wildman–Crippen LogP) is 0.614. The number of ether oxygens (including phenoxy) is 2. The van der Waals surface area contributed by atoms with Crippen LogP contribution in [0.25, 0.3) is 0 Å². The van der Waals surface area contributed by atoms with E-state index in [4.69, 9.17) is 9.47 Å². The predicted molar refractivity (Wildman–Crippen MR) is 99.6 cm³/mol. The Labute approximate surface area is 166 Å². The van der Waals surface area contributed by atoms with Gasteiger partial charge in [-0.2, -0.15) is 0 Å². The Morgan fingerprint density at radius 3 is 2.38 bits per heavy atom. The van der Waals surface area contributed by atoms with Gasteiger partial charge in [-0.05, 0) is 17.7 Å². The molecule has 2 aromatic carbocycles. The molecule has 8 heteroatoms. The highest BCUT2D eigenvalue weighted by Gasteiger charge is 2.47. The molecule has 6 unspecified atom stereocenters. The summed E-state index contributed by atoms with van der Waals surface area (Å²) in [5.74, 6) is -0.444. The monoisotopic (exact) mass is 402 g/mol. The highest BCUT2D eigenvalue weighted by atomic mass is 16.5. The van der Waals surface area contributed by atoms with Crippen LogP contribution in [-0.4, -0.2) is 62.3 Å². The zero-order valence-corrected chi connectivity index (χ0v) is 15.4. The van der Waals surface area contributed by atoms with Crippen LogP contribution < -0.4 is 4.74 Å². The van der Waals surface area contributed by atoms with Gasteiger partial charge in [-0.3, -0.25) is 4.79 Å². The van der Waals surface area contributed by atoms with E-state index in [0.717, 1.165) is 5.56 Å². The third-order valence-electron chi connectivity index (χ3n) is 5.45. The minimum atomic E-state index is -1.62. The minimum Gasteiger partial charge on any atom is -0.507 e. The molecule has 2 aliphatic heterocycles. The van der Waals surface area contributed by atoms with Crippen LogP contribution >= 0.6 is 0 Å². The van der Waals surface area contributed by atoms with Crippen molar-refractivity contribution in [2.75, 3.05) is 6.61 Å². The number of Topliss-reactive ketones (excluding diaryl/α,β-unsaturated/α-hetero) is 1. The number of fused-ring (bicyclic) bond motifs is 1. The fourth-order valence-corrected chi connectivity index (χ4v) is 3.87. The number of carbonyl (C=O) groups excluding carboxylic acids is 1. The fraction of sp³-hybridized carbons (Fsp3) is 0.381. The summed E-state index contributed by atoms with van der Waals surface area (Å²) in [7, 11) is 0. The average molecular weight is 402 g/mol. The largest absolute Gasteiger partial charge is 0.507 e. The molecule has 8 nitrogen and oxygen atoms in total. The summed E-state index contributed by atoms with van der Waals surface area (Å²) in [5, 5.41) is 50.6. The summed E-state index contributed by atoms with van der Waals surface area (Å²) in [6.07, 6.45) is -7.73. The van der Waals surface area contributed by atoms with Gasteiger partial charge in [0.1, 0.15) is 48.1 Å². The number of ketones is 1. The van der Waals surface area contributed by atoms with Crippen molar-refractivity contribution in [2.24, 2.45) is 0 Å². The zero-order valence-electron chi connectivity index (χ0n) is 15.4. The molecule has 4 rings (SSSR count). The average Bonchev–Trinajstić information content (AvgIpc) is 2.73. The molecule has 154 valence electrons. The number of benzene rings is 2. The molecular formula is C21H22O8. The summed E-state index contributed by atoms with van der Waals surface area (Å²) in [6, 6.07) is 11.8. The van der Waals surface area contributed by atoms with Crippen LogP contribution in [0.4, 0.5) is 0 Å². The van der Waals surface area contributed by atoms with E-state index < -0.39 is 43.2 Å². The normalized spacial score (nSPS) is 31.8. The molecule has 2 aliphatic rings. The molecule has 1 fully saturated rings. The quantitative estimate of drug-likeness (QED) is 0.504. The number of phenols is 1. The van der Waals surface area contributed by atoms with Crippen molar-refractivity contribution < 1.29 is 39.8 Å². The maximum atomic E-state index is 12.7. The van der Waals surface area contributed by atoms with Crippen molar-refractivity contribution in [3.8, 4) is 11.5 Å². The molecule has 2 heterocycles. The third-order valence-corrected chi connectivity index (χ3v) is 5.45. The maximum absolute atomic E-state index is 12.7. The highest BCUT2D eigenvalue weighted by molar-refractivity contribution is 6.00. The molecule has 0 radical (unpaired) electrons. The first-order chi connectivity index (χ1) is 13.9. The lowest BCUT2D eigenvalue weighted by Crippen LogP contribution is -2.55. The van der Waals surface area contributed by atoms with Gasteiger partial charge in [-0.25, -0.2) is 0 Å². The van der Waals surface area contributed by atoms with E-state index in [1.54, 1.807) is 0 Å². The van der Waals surface area contributed by atoms with E-state index in [9.17, 15) is 30.3 Å². The van der Waals surface area contributed by atoms with Crippen LogP contribution in [0, 0.1) is 0 Å². The number of aliphatic hydroxyl groups is 4. The molecule has 0 aliphatic carbocycles. The summed E-state index contributed by atoms with van der Waals surface area (Å²) in [4.78, 5) is 12.7. The maximum Gasteiger partial charge on any atom is 0.170 e. The first kappa shape index (κ1) is 19.8. The number of aromatic hydroxyl groups is 1.